The third-order valence-corrected chi connectivity index (χ3v) is 5.98. The minimum absolute atomic E-state index is 0.107. The third-order valence-electron chi connectivity index (χ3n) is 4.57. The van der Waals surface area contributed by atoms with Crippen LogP contribution in [0.2, 0.25) is 5.02 Å². The maximum absolute atomic E-state index is 10.9. The van der Waals surface area contributed by atoms with E-state index in [1.165, 1.54) is 15.9 Å². The van der Waals surface area contributed by atoms with Crippen molar-refractivity contribution in [1.82, 2.24) is 19.5 Å². The minimum atomic E-state index is -0.175. The van der Waals surface area contributed by atoms with Crippen LogP contribution < -0.4 is 0 Å². The molecule has 8 heteroatoms. The summed E-state index contributed by atoms with van der Waals surface area (Å²) in [5, 5.41) is 15.8. The summed E-state index contributed by atoms with van der Waals surface area (Å²) in [6.07, 6.45) is 0.214. The summed E-state index contributed by atoms with van der Waals surface area (Å²) in [4.78, 5) is 8.20. The molecule has 26 heavy (non-hydrogen) atoms. The van der Waals surface area contributed by atoms with E-state index in [0.717, 1.165) is 23.5 Å². The molecule has 138 valence electrons. The van der Waals surface area contributed by atoms with Gasteiger partial charge in [-0.1, -0.05) is 41.1 Å². The van der Waals surface area contributed by atoms with Crippen LogP contribution in [-0.4, -0.2) is 49.9 Å². The number of halogens is 1. The summed E-state index contributed by atoms with van der Waals surface area (Å²) in [6.45, 7) is 7.46. The summed E-state index contributed by atoms with van der Waals surface area (Å²) in [5.41, 5.74) is 0.965. The molecule has 2 aromatic heterocycles. The van der Waals surface area contributed by atoms with Crippen LogP contribution in [0.15, 0.2) is 24.3 Å². The van der Waals surface area contributed by atoms with Crippen molar-refractivity contribution in [2.75, 3.05) is 13.1 Å². The summed E-state index contributed by atoms with van der Waals surface area (Å²) in [5.74, 6) is 0.767. The van der Waals surface area contributed by atoms with Gasteiger partial charge in [0.15, 0.2) is 0 Å². The van der Waals surface area contributed by atoms with Gasteiger partial charge in [0.25, 0.3) is 0 Å². The molecule has 1 saturated heterocycles. The lowest BCUT2D eigenvalue weighted by Gasteiger charge is -2.40. The molecular formula is C18H21ClN4O2S. The van der Waals surface area contributed by atoms with Crippen LogP contribution in [-0.2, 0) is 4.74 Å². The van der Waals surface area contributed by atoms with E-state index < -0.39 is 0 Å². The number of aryl methyl sites for hydroxylation is 1. The molecule has 0 saturated carbocycles. The van der Waals surface area contributed by atoms with Gasteiger partial charge in [0.2, 0.25) is 10.8 Å². The highest BCUT2D eigenvalue weighted by atomic mass is 35.5. The van der Waals surface area contributed by atoms with Crippen molar-refractivity contribution in [3.8, 4) is 5.88 Å². The number of fused-ring (bicyclic) bond motifs is 1. The summed E-state index contributed by atoms with van der Waals surface area (Å²) < 4.78 is 7.40. The Kier molecular flexibility index (Phi) is 4.64. The number of hydrogen-bond acceptors (Lipinski definition) is 6. The van der Waals surface area contributed by atoms with Crippen molar-refractivity contribution in [3.63, 3.8) is 0 Å². The van der Waals surface area contributed by atoms with Crippen LogP contribution in [0.4, 0.5) is 0 Å². The van der Waals surface area contributed by atoms with E-state index in [4.69, 9.17) is 16.3 Å². The van der Waals surface area contributed by atoms with Crippen molar-refractivity contribution in [3.05, 3.63) is 45.6 Å². The Balaban J connectivity index is 1.85. The molecule has 0 radical (unpaired) electrons. The fourth-order valence-electron chi connectivity index (χ4n) is 3.66. The van der Waals surface area contributed by atoms with E-state index in [1.807, 2.05) is 31.2 Å². The average Bonchev–Trinajstić information content (AvgIpc) is 3.07. The van der Waals surface area contributed by atoms with Crippen LogP contribution >= 0.6 is 22.9 Å². The Hall–Kier alpha value is -1.67. The molecule has 6 nitrogen and oxygen atoms in total. The molecule has 0 spiro atoms. The molecule has 4 rings (SSSR count). The largest absolute Gasteiger partial charge is 0.492 e. The summed E-state index contributed by atoms with van der Waals surface area (Å²) >= 11 is 7.99. The molecule has 0 amide bonds. The zero-order chi connectivity index (χ0) is 18.4. The molecule has 1 aromatic carbocycles. The van der Waals surface area contributed by atoms with Gasteiger partial charge in [-0.3, -0.25) is 4.90 Å². The molecule has 3 aromatic rings. The van der Waals surface area contributed by atoms with Crippen molar-refractivity contribution in [2.24, 2.45) is 0 Å². The second kappa shape index (κ2) is 6.81. The zero-order valence-corrected chi connectivity index (χ0v) is 16.5. The molecular weight excluding hydrogens is 372 g/mol. The van der Waals surface area contributed by atoms with E-state index >= 15 is 0 Å². The van der Waals surface area contributed by atoms with E-state index in [0.29, 0.717) is 15.8 Å². The fourth-order valence-corrected chi connectivity index (χ4v) is 5.05. The van der Waals surface area contributed by atoms with Gasteiger partial charge in [0.1, 0.15) is 5.82 Å². The van der Waals surface area contributed by atoms with Crippen LogP contribution in [0.25, 0.3) is 4.96 Å². The number of nitrogens with zero attached hydrogens (tertiary/aromatic N) is 4. The smallest absolute Gasteiger partial charge is 0.230 e. The highest BCUT2D eigenvalue weighted by Gasteiger charge is 2.34. The van der Waals surface area contributed by atoms with Crippen molar-refractivity contribution in [2.45, 2.75) is 39.0 Å². The first-order chi connectivity index (χ1) is 12.4. The number of ether oxygens (including phenoxy) is 1. The van der Waals surface area contributed by atoms with Gasteiger partial charge in [0, 0.05) is 18.1 Å². The van der Waals surface area contributed by atoms with Gasteiger partial charge in [-0.05, 0) is 32.4 Å². The molecule has 0 aliphatic carbocycles. The maximum Gasteiger partial charge on any atom is 0.230 e. The Bertz CT molecular complexity index is 931. The van der Waals surface area contributed by atoms with E-state index in [-0.39, 0.29) is 24.1 Å². The molecule has 0 unspecified atom stereocenters. The highest BCUT2D eigenvalue weighted by Crippen LogP contribution is 2.42. The average molecular weight is 393 g/mol. The first-order valence-electron chi connectivity index (χ1n) is 8.63. The lowest BCUT2D eigenvalue weighted by atomic mass is 10.0. The lowest BCUT2D eigenvalue weighted by Crippen LogP contribution is -2.47. The standard InChI is InChI=1S/C18H21ClN4O2S/c1-10-8-22(9-11(2)25-10)15(13-6-4-5-7-14(13)19)16-17(24)23-18(26-16)20-12(3)21-23/h4-7,10-11,15,24H,8-9H2,1-3H3/t10-,11+,15-/m1/s1. The summed E-state index contributed by atoms with van der Waals surface area (Å²) in [6, 6.07) is 7.61. The van der Waals surface area contributed by atoms with E-state index in [1.54, 1.807) is 0 Å². The molecule has 1 fully saturated rings. The normalized spacial score (nSPS) is 22.8. The van der Waals surface area contributed by atoms with Gasteiger partial charge in [-0.15, -0.1) is 5.10 Å². The Morgan fingerprint density at radius 2 is 1.96 bits per heavy atom. The minimum Gasteiger partial charge on any atom is -0.492 e. The van der Waals surface area contributed by atoms with Gasteiger partial charge < -0.3 is 9.84 Å². The van der Waals surface area contributed by atoms with E-state index in [9.17, 15) is 5.11 Å². The Morgan fingerprint density at radius 3 is 2.62 bits per heavy atom. The number of rotatable bonds is 3. The predicted octanol–water partition coefficient (Wildman–Crippen LogP) is 3.66. The molecule has 1 N–H and O–H groups in total. The number of aromatic nitrogens is 3. The molecule has 1 aliphatic rings. The number of thiazole rings is 1. The molecule has 3 heterocycles. The van der Waals surface area contributed by atoms with Crippen molar-refractivity contribution >= 4 is 27.9 Å². The van der Waals surface area contributed by atoms with E-state index in [2.05, 4.69) is 28.8 Å². The molecule has 3 atom stereocenters. The number of morpholine rings is 1. The highest BCUT2D eigenvalue weighted by molar-refractivity contribution is 7.17. The Labute approximate surface area is 161 Å². The van der Waals surface area contributed by atoms with Gasteiger partial charge >= 0.3 is 0 Å². The fraction of sp³-hybridized carbons (Fsp3) is 0.444. The zero-order valence-electron chi connectivity index (χ0n) is 14.9. The topological polar surface area (TPSA) is 62.9 Å². The Morgan fingerprint density at radius 1 is 1.27 bits per heavy atom. The molecule has 1 aliphatic heterocycles. The van der Waals surface area contributed by atoms with Crippen LogP contribution in [0, 0.1) is 6.92 Å². The van der Waals surface area contributed by atoms with Crippen LogP contribution in [0.1, 0.15) is 36.2 Å². The number of aromatic hydroxyl groups is 1. The van der Waals surface area contributed by atoms with Gasteiger partial charge in [-0.25, -0.2) is 4.98 Å². The SMILES string of the molecule is Cc1nc2sc([C@@H](c3ccccc3Cl)N3C[C@@H](C)O[C@@H](C)C3)c(O)n2n1. The predicted molar refractivity (Wildman–Crippen MR) is 102 cm³/mol. The number of hydrogen-bond donors (Lipinski definition) is 1. The maximum atomic E-state index is 10.9. The summed E-state index contributed by atoms with van der Waals surface area (Å²) in [7, 11) is 0. The number of benzene rings is 1. The molecule has 0 bridgehead atoms. The van der Waals surface area contributed by atoms with Gasteiger partial charge in [0.05, 0.1) is 23.1 Å². The van der Waals surface area contributed by atoms with Crippen molar-refractivity contribution < 1.29 is 9.84 Å². The third kappa shape index (κ3) is 3.09. The quantitative estimate of drug-likeness (QED) is 0.737. The lowest BCUT2D eigenvalue weighted by molar-refractivity contribution is -0.0764. The van der Waals surface area contributed by atoms with Gasteiger partial charge in [-0.2, -0.15) is 4.52 Å². The van der Waals surface area contributed by atoms with Crippen molar-refractivity contribution in [1.29, 1.82) is 0 Å². The van der Waals surface area contributed by atoms with Crippen LogP contribution in [0.5, 0.6) is 5.88 Å². The second-order valence-corrected chi connectivity index (χ2v) is 8.19. The monoisotopic (exact) mass is 392 g/mol. The first kappa shape index (κ1) is 17.7. The first-order valence-corrected chi connectivity index (χ1v) is 9.82. The second-order valence-electron chi connectivity index (χ2n) is 6.78. The van der Waals surface area contributed by atoms with Crippen LogP contribution in [0.3, 0.4) is 0 Å².